The average Bonchev–Trinajstić information content (AvgIpc) is 4.01. The van der Waals surface area contributed by atoms with Crippen LogP contribution in [0, 0.1) is 5.92 Å². The monoisotopic (exact) mass is 1120 g/mol. The maximum Gasteiger partial charge on any atom is 0.326 e. The molecule has 0 radical (unpaired) electrons. The first-order valence-corrected chi connectivity index (χ1v) is 26.4. The van der Waals surface area contributed by atoms with Crippen LogP contribution < -0.4 is 54.4 Å². The molecule has 2 aromatic heterocycles. The number of nitrogens with two attached hydrogens (primary N) is 3. The Morgan fingerprint density at radius 2 is 0.899 bits per heavy atom. The molecule has 0 saturated carbocycles. The number of H-pyrrole nitrogens is 2. The number of rotatable bonds is 35. The van der Waals surface area contributed by atoms with Gasteiger partial charge < -0.3 is 79.7 Å². The summed E-state index contributed by atoms with van der Waals surface area (Å²) in [6.45, 7) is 3.81. The number of thiol groups is 1. The van der Waals surface area contributed by atoms with Crippen LogP contribution in [0.2, 0.25) is 0 Å². The molecule has 27 heteroatoms. The van der Waals surface area contributed by atoms with Gasteiger partial charge in [0.1, 0.15) is 42.3 Å². The zero-order chi connectivity index (χ0) is 58.3. The molecule has 4 rings (SSSR count). The summed E-state index contributed by atoms with van der Waals surface area (Å²) in [5.74, 6) is -12.1. The van der Waals surface area contributed by atoms with Gasteiger partial charge >= 0.3 is 17.9 Å². The summed E-state index contributed by atoms with van der Waals surface area (Å²) in [6.07, 6.45) is 0.121. The van der Waals surface area contributed by atoms with Gasteiger partial charge in [-0.1, -0.05) is 50.2 Å². The van der Waals surface area contributed by atoms with E-state index in [0.717, 1.165) is 10.9 Å². The Balaban J connectivity index is 1.67. The summed E-state index contributed by atoms with van der Waals surface area (Å²) < 4.78 is 0. The molecule has 26 nitrogen and oxygen atoms in total. The Hall–Kier alpha value is -8.04. The lowest BCUT2D eigenvalue weighted by Gasteiger charge is -2.28. The summed E-state index contributed by atoms with van der Waals surface area (Å²) in [4.78, 5) is 152. The zero-order valence-electron chi connectivity index (χ0n) is 43.9. The lowest BCUT2D eigenvalue weighted by molar-refractivity contribution is -0.143. The second-order valence-electron chi connectivity index (χ2n) is 19.5. The van der Waals surface area contributed by atoms with E-state index in [4.69, 9.17) is 17.2 Å². The van der Waals surface area contributed by atoms with Crippen LogP contribution in [-0.4, -0.2) is 151 Å². The van der Waals surface area contributed by atoms with E-state index in [-0.39, 0.29) is 43.9 Å². The van der Waals surface area contributed by atoms with E-state index in [1.54, 1.807) is 50.5 Å². The fraction of sp³-hybridized carbons (Fsp3) is 0.481. The number of hydrogen-bond acceptors (Lipinski definition) is 14. The molecule has 18 N–H and O–H groups in total. The van der Waals surface area contributed by atoms with Gasteiger partial charge in [0.05, 0.1) is 6.04 Å². The molecule has 0 aliphatic heterocycles. The van der Waals surface area contributed by atoms with Gasteiger partial charge in [-0.3, -0.25) is 47.9 Å². The standard InChI is InChI=1S/C52H72N12O14S/c1-27(2)21-39(63-51(76)40(62-45(70)32(54)26-79)22-28-24-56-33-11-5-3-9-30(28)33)49(74)64-41(23-29-25-57-34-12-6-4-10-31(29)34)50(75)60-36(15-18-43(66)67)47(72)58-35(14-17-42(55)65)46(71)59-37(16-19-44(68)69)48(73)61-38(52(77)78)13-7-8-20-53/h3-6,9-12,24-25,27,32,35-41,56-57,79H,7-8,13-23,26,53-54H2,1-2H3,(H2,55,65)(H,58,72)(H,59,71)(H,60,75)(H,61,73)(H,62,70)(H,63,76)(H,64,74)(H,66,67)(H,68,69)(H,77,78)/t32-,35-,36-,37-,38-,39-,40-,41-/m0/s1. The number of unbranched alkanes of at least 4 members (excludes halogenated alkanes) is 1. The highest BCUT2D eigenvalue weighted by Crippen LogP contribution is 2.22. The SMILES string of the molecule is CC(C)C[C@H](NC(=O)[C@H](Cc1c[nH]c2ccccc12)NC(=O)[C@@H](N)CS)C(=O)N[C@@H](Cc1c[nH]c2ccccc12)C(=O)N[C@@H](CCC(=O)O)C(=O)N[C@@H](CCC(N)=O)C(=O)N[C@@H](CCC(=O)O)C(=O)N[C@@H](CCCCN)C(=O)O. The van der Waals surface area contributed by atoms with Crippen LogP contribution in [-0.2, 0) is 65.6 Å². The van der Waals surface area contributed by atoms with Crippen molar-refractivity contribution in [1.29, 1.82) is 0 Å². The van der Waals surface area contributed by atoms with Crippen molar-refractivity contribution in [2.75, 3.05) is 12.3 Å². The van der Waals surface area contributed by atoms with Crippen molar-refractivity contribution in [3.63, 3.8) is 0 Å². The lowest BCUT2D eigenvalue weighted by Crippen LogP contribution is -2.60. The van der Waals surface area contributed by atoms with E-state index in [1.165, 1.54) is 0 Å². The lowest BCUT2D eigenvalue weighted by atomic mass is 9.99. The normalized spacial score (nSPS) is 14.3. The molecule has 0 spiro atoms. The van der Waals surface area contributed by atoms with Crippen LogP contribution in [0.15, 0.2) is 60.9 Å². The van der Waals surface area contributed by atoms with Gasteiger partial charge in [-0.05, 0) is 80.7 Å². The molecule has 8 amide bonds. The van der Waals surface area contributed by atoms with Crippen molar-refractivity contribution < 1.29 is 68.1 Å². The van der Waals surface area contributed by atoms with Crippen molar-refractivity contribution in [3.05, 3.63) is 72.1 Å². The molecule has 0 fully saturated rings. The molecular weight excluding hydrogens is 1050 g/mol. The smallest absolute Gasteiger partial charge is 0.326 e. The zero-order valence-corrected chi connectivity index (χ0v) is 44.8. The first kappa shape index (κ1) is 63.5. The molecule has 8 atom stereocenters. The average molecular weight is 1120 g/mol. The van der Waals surface area contributed by atoms with Crippen LogP contribution in [0.25, 0.3) is 21.8 Å². The fourth-order valence-electron chi connectivity index (χ4n) is 8.54. The number of nitrogens with one attached hydrogen (secondary N) is 9. The van der Waals surface area contributed by atoms with Gasteiger partial charge in [0, 0.05) is 72.1 Å². The van der Waals surface area contributed by atoms with Crippen LogP contribution in [0.4, 0.5) is 0 Å². The molecule has 4 aromatic rings. The molecule has 0 bridgehead atoms. The summed E-state index contributed by atoms with van der Waals surface area (Å²) >= 11 is 4.12. The summed E-state index contributed by atoms with van der Waals surface area (Å²) in [7, 11) is 0. The van der Waals surface area contributed by atoms with Crippen LogP contribution >= 0.6 is 12.6 Å². The minimum absolute atomic E-state index is 0.0229. The molecule has 0 saturated heterocycles. The second-order valence-corrected chi connectivity index (χ2v) is 19.8. The Morgan fingerprint density at radius 1 is 0.519 bits per heavy atom. The first-order chi connectivity index (χ1) is 37.5. The minimum atomic E-state index is -1.77. The number of carbonyl (C=O) groups excluding carboxylic acids is 8. The summed E-state index contributed by atoms with van der Waals surface area (Å²) in [5.41, 5.74) is 19.5. The van der Waals surface area contributed by atoms with Crippen LogP contribution in [0.5, 0.6) is 0 Å². The number of aromatic nitrogens is 2. The third kappa shape index (κ3) is 20.4. The number of para-hydroxylation sites is 2. The van der Waals surface area contributed by atoms with E-state index < -0.39 is 152 Å². The van der Waals surface area contributed by atoms with Gasteiger partial charge in [0.25, 0.3) is 0 Å². The fourth-order valence-corrected chi connectivity index (χ4v) is 8.70. The predicted octanol–water partition coefficient (Wildman–Crippen LogP) is -0.660. The molecule has 0 aliphatic rings. The van der Waals surface area contributed by atoms with E-state index in [9.17, 15) is 68.1 Å². The van der Waals surface area contributed by atoms with Crippen LogP contribution in [0.3, 0.4) is 0 Å². The molecule has 2 heterocycles. The number of carboxylic acid groups (broad SMARTS) is 3. The number of hydrogen-bond donors (Lipinski definition) is 16. The minimum Gasteiger partial charge on any atom is -0.481 e. The van der Waals surface area contributed by atoms with E-state index in [2.05, 4.69) is 59.8 Å². The van der Waals surface area contributed by atoms with Gasteiger partial charge in [0.2, 0.25) is 47.3 Å². The summed E-state index contributed by atoms with van der Waals surface area (Å²) in [5, 5.41) is 47.9. The maximum atomic E-state index is 14.7. The predicted molar refractivity (Wildman–Crippen MR) is 292 cm³/mol. The topological polar surface area (TPSA) is 442 Å². The largest absolute Gasteiger partial charge is 0.481 e. The molecular formula is C52H72N12O14S. The van der Waals surface area contributed by atoms with Crippen molar-refractivity contribution >= 4 is 99.6 Å². The molecule has 430 valence electrons. The van der Waals surface area contributed by atoms with Gasteiger partial charge in [-0.15, -0.1) is 0 Å². The number of aromatic amines is 2. The first-order valence-electron chi connectivity index (χ1n) is 25.7. The molecule has 0 aliphatic carbocycles. The number of aliphatic carboxylic acids is 3. The van der Waals surface area contributed by atoms with Crippen LogP contribution in [0.1, 0.15) is 89.2 Å². The van der Waals surface area contributed by atoms with Gasteiger partial charge in [-0.25, -0.2) is 4.79 Å². The quantitative estimate of drug-likeness (QED) is 0.0201. The Labute approximate surface area is 460 Å². The molecule has 2 aromatic carbocycles. The van der Waals surface area contributed by atoms with Gasteiger partial charge in [0.15, 0.2) is 0 Å². The van der Waals surface area contributed by atoms with Crippen molar-refractivity contribution in [2.45, 2.75) is 139 Å². The molecule has 79 heavy (non-hydrogen) atoms. The number of fused-ring (bicyclic) bond motifs is 2. The van der Waals surface area contributed by atoms with E-state index >= 15 is 0 Å². The highest BCUT2D eigenvalue weighted by atomic mass is 32.1. The number of benzene rings is 2. The number of amides is 8. The summed E-state index contributed by atoms with van der Waals surface area (Å²) in [6, 6.07) is 2.44. The van der Waals surface area contributed by atoms with Crippen molar-refractivity contribution in [1.82, 2.24) is 47.2 Å². The maximum absolute atomic E-state index is 14.7. The Bertz CT molecular complexity index is 2800. The second kappa shape index (κ2) is 31.4. The number of carbonyl (C=O) groups is 11. The highest BCUT2D eigenvalue weighted by molar-refractivity contribution is 7.80. The Morgan fingerprint density at radius 3 is 1.30 bits per heavy atom. The van der Waals surface area contributed by atoms with E-state index in [1.807, 2.05) is 24.3 Å². The third-order valence-electron chi connectivity index (χ3n) is 12.8. The highest BCUT2D eigenvalue weighted by Gasteiger charge is 2.36. The van der Waals surface area contributed by atoms with Crippen molar-refractivity contribution in [3.8, 4) is 0 Å². The van der Waals surface area contributed by atoms with E-state index in [0.29, 0.717) is 34.9 Å². The third-order valence-corrected chi connectivity index (χ3v) is 13.2. The Kier molecular flexibility index (Phi) is 25.2. The number of carboxylic acids is 3. The van der Waals surface area contributed by atoms with Crippen molar-refractivity contribution in [2.24, 2.45) is 23.1 Å². The van der Waals surface area contributed by atoms with Gasteiger partial charge in [-0.2, -0.15) is 12.6 Å². The molecule has 0 unspecified atom stereocenters. The number of primary amides is 1.